The van der Waals surface area contributed by atoms with E-state index in [0.717, 1.165) is 6.07 Å². The van der Waals surface area contributed by atoms with Gasteiger partial charge in [-0.2, -0.15) is 0 Å². The molecule has 2 aliphatic heterocycles. The molecule has 3 N–H and O–H groups in total. The van der Waals surface area contributed by atoms with E-state index in [1.165, 1.54) is 6.07 Å². The number of hydrogen-bond acceptors (Lipinski definition) is 8. The van der Waals surface area contributed by atoms with Crippen molar-refractivity contribution < 1.29 is 27.6 Å². The van der Waals surface area contributed by atoms with Gasteiger partial charge < -0.3 is 19.5 Å². The number of nitrogens with one attached hydrogen (secondary N) is 1. The average Bonchev–Trinajstić information content (AvgIpc) is 2.53. The number of fused-ring (bicyclic) bond motifs is 1. The summed E-state index contributed by atoms with van der Waals surface area (Å²) in [5.74, 6) is 0.0659. The van der Waals surface area contributed by atoms with Crippen molar-refractivity contribution in [1.82, 2.24) is 0 Å². The molecule has 0 spiro atoms. The Hall–Kier alpha value is -1.95. The van der Waals surface area contributed by atoms with Gasteiger partial charge in [0.05, 0.1) is 35.7 Å². The molecule has 1 saturated heterocycles. The van der Waals surface area contributed by atoms with Gasteiger partial charge in [-0.25, -0.2) is 13.6 Å². The molecule has 2 atom stereocenters. The van der Waals surface area contributed by atoms with Crippen LogP contribution in [0.1, 0.15) is 0 Å². The zero-order chi connectivity index (χ0) is 16.6. The fourth-order valence-corrected chi connectivity index (χ4v) is 3.04. The van der Waals surface area contributed by atoms with E-state index in [2.05, 4.69) is 5.32 Å². The summed E-state index contributed by atoms with van der Waals surface area (Å²) in [6, 6.07) is 1.73. The molecule has 0 aromatic heterocycles. The number of nitrogens with zero attached hydrogens (tertiary/aromatic N) is 1. The predicted octanol–water partition coefficient (Wildman–Crippen LogP) is -0.170. The molecule has 1 aromatic carbocycles. The SMILES string of the molecule is NS(=O)(=O)c1cc2c(c([N+](=O)[O-])c1)NC([C@H]1COCCO1)CO2. The highest BCUT2D eigenvalue weighted by atomic mass is 32.2. The summed E-state index contributed by atoms with van der Waals surface area (Å²) in [5.41, 5.74) is -0.319. The molecular weight excluding hydrogens is 330 g/mol. The lowest BCUT2D eigenvalue weighted by Gasteiger charge is -2.34. The number of anilines is 1. The first-order valence-electron chi connectivity index (χ1n) is 6.80. The first kappa shape index (κ1) is 15.9. The summed E-state index contributed by atoms with van der Waals surface area (Å²) in [5, 5.41) is 19.3. The Balaban J connectivity index is 1.96. The van der Waals surface area contributed by atoms with Gasteiger partial charge in [0.2, 0.25) is 10.0 Å². The lowest BCUT2D eigenvalue weighted by molar-refractivity contribution is -0.384. The van der Waals surface area contributed by atoms with Gasteiger partial charge in [0, 0.05) is 12.1 Å². The van der Waals surface area contributed by atoms with Crippen molar-refractivity contribution in [2.75, 3.05) is 31.7 Å². The highest BCUT2D eigenvalue weighted by Crippen LogP contribution is 2.40. The van der Waals surface area contributed by atoms with Crippen LogP contribution in [0.4, 0.5) is 11.4 Å². The Bertz CT molecular complexity index is 730. The monoisotopic (exact) mass is 345 g/mol. The van der Waals surface area contributed by atoms with E-state index < -0.39 is 20.6 Å². The van der Waals surface area contributed by atoms with Crippen LogP contribution in [0.3, 0.4) is 0 Å². The Morgan fingerprint density at radius 2 is 2.09 bits per heavy atom. The number of ether oxygens (including phenoxy) is 3. The molecule has 3 rings (SSSR count). The quantitative estimate of drug-likeness (QED) is 0.568. The second-order valence-electron chi connectivity index (χ2n) is 5.16. The lowest BCUT2D eigenvalue weighted by atomic mass is 10.1. The van der Waals surface area contributed by atoms with Gasteiger partial charge >= 0.3 is 0 Å². The molecule has 0 saturated carbocycles. The van der Waals surface area contributed by atoms with Crippen LogP contribution in [0.25, 0.3) is 0 Å². The van der Waals surface area contributed by atoms with Gasteiger partial charge in [-0.05, 0) is 0 Å². The average molecular weight is 345 g/mol. The van der Waals surface area contributed by atoms with E-state index >= 15 is 0 Å². The van der Waals surface area contributed by atoms with Crippen molar-refractivity contribution >= 4 is 21.4 Å². The van der Waals surface area contributed by atoms with Crippen LogP contribution in [0, 0.1) is 10.1 Å². The van der Waals surface area contributed by atoms with E-state index in [0.29, 0.717) is 19.8 Å². The summed E-state index contributed by atoms with van der Waals surface area (Å²) in [6.07, 6.45) is -0.311. The van der Waals surface area contributed by atoms with Crippen LogP contribution in [0.5, 0.6) is 5.75 Å². The minimum absolute atomic E-state index is 0.0659. The van der Waals surface area contributed by atoms with Crippen molar-refractivity contribution in [1.29, 1.82) is 0 Å². The van der Waals surface area contributed by atoms with Crippen molar-refractivity contribution in [2.45, 2.75) is 17.0 Å². The number of rotatable bonds is 3. The molecule has 1 fully saturated rings. The normalized spacial score (nSPS) is 24.2. The second-order valence-corrected chi connectivity index (χ2v) is 6.73. The number of hydrogen-bond donors (Lipinski definition) is 2. The molecule has 10 nitrogen and oxygen atoms in total. The smallest absolute Gasteiger partial charge is 0.297 e. The first-order chi connectivity index (χ1) is 10.9. The Morgan fingerprint density at radius 1 is 1.30 bits per heavy atom. The largest absolute Gasteiger partial charge is 0.489 e. The molecule has 1 unspecified atom stereocenters. The molecular formula is C12H15N3O7S. The molecule has 2 aliphatic rings. The zero-order valence-corrected chi connectivity index (χ0v) is 12.7. The molecule has 11 heteroatoms. The molecule has 0 amide bonds. The first-order valence-corrected chi connectivity index (χ1v) is 8.35. The number of nitrogens with two attached hydrogens (primary N) is 1. The van der Waals surface area contributed by atoms with E-state index in [4.69, 9.17) is 19.3 Å². The van der Waals surface area contributed by atoms with Gasteiger partial charge in [0.25, 0.3) is 5.69 Å². The third kappa shape index (κ3) is 3.22. The lowest BCUT2D eigenvalue weighted by Crippen LogP contribution is -2.47. The highest BCUT2D eigenvalue weighted by Gasteiger charge is 2.34. The molecule has 0 radical (unpaired) electrons. The fraction of sp³-hybridized carbons (Fsp3) is 0.500. The Kier molecular flexibility index (Phi) is 4.10. The number of sulfonamides is 1. The fourth-order valence-electron chi connectivity index (χ4n) is 2.49. The maximum atomic E-state index is 11.4. The van der Waals surface area contributed by atoms with Crippen LogP contribution in [0.15, 0.2) is 17.0 Å². The number of nitro groups is 1. The summed E-state index contributed by atoms with van der Waals surface area (Å²) >= 11 is 0. The molecule has 23 heavy (non-hydrogen) atoms. The van der Waals surface area contributed by atoms with E-state index in [1.54, 1.807) is 0 Å². The second kappa shape index (κ2) is 5.92. The van der Waals surface area contributed by atoms with E-state index in [9.17, 15) is 18.5 Å². The van der Waals surface area contributed by atoms with Crippen molar-refractivity contribution in [3.63, 3.8) is 0 Å². The number of nitro benzene ring substituents is 1. The third-order valence-corrected chi connectivity index (χ3v) is 4.51. The van der Waals surface area contributed by atoms with Gasteiger partial charge in [-0.1, -0.05) is 0 Å². The van der Waals surface area contributed by atoms with Crippen molar-refractivity contribution in [2.24, 2.45) is 5.14 Å². The predicted molar refractivity (Wildman–Crippen MR) is 77.9 cm³/mol. The van der Waals surface area contributed by atoms with Crippen LogP contribution in [0.2, 0.25) is 0 Å². The third-order valence-electron chi connectivity index (χ3n) is 3.62. The number of primary sulfonamides is 1. The van der Waals surface area contributed by atoms with Crippen LogP contribution >= 0.6 is 0 Å². The van der Waals surface area contributed by atoms with Crippen LogP contribution in [-0.2, 0) is 19.5 Å². The maximum absolute atomic E-state index is 11.4. The van der Waals surface area contributed by atoms with E-state index in [1.807, 2.05) is 0 Å². The topological polar surface area (TPSA) is 143 Å². The van der Waals surface area contributed by atoms with Crippen LogP contribution in [-0.4, -0.2) is 51.9 Å². The molecule has 0 bridgehead atoms. The summed E-state index contributed by atoms with van der Waals surface area (Å²) in [4.78, 5) is 10.2. The Labute approximate surface area is 131 Å². The van der Waals surface area contributed by atoms with Crippen molar-refractivity contribution in [3.8, 4) is 5.75 Å². The van der Waals surface area contributed by atoms with Gasteiger partial charge in [0.1, 0.15) is 12.7 Å². The molecule has 2 heterocycles. The maximum Gasteiger partial charge on any atom is 0.297 e. The van der Waals surface area contributed by atoms with Gasteiger partial charge in [-0.3, -0.25) is 10.1 Å². The summed E-state index contributed by atoms with van der Waals surface area (Å²) in [6.45, 7) is 1.44. The molecule has 1 aromatic rings. The molecule has 0 aliphatic carbocycles. The van der Waals surface area contributed by atoms with Crippen molar-refractivity contribution in [3.05, 3.63) is 22.2 Å². The minimum Gasteiger partial charge on any atom is -0.489 e. The highest BCUT2D eigenvalue weighted by molar-refractivity contribution is 7.89. The minimum atomic E-state index is -4.08. The van der Waals surface area contributed by atoms with E-state index in [-0.39, 0.29) is 35.1 Å². The zero-order valence-electron chi connectivity index (χ0n) is 11.9. The Morgan fingerprint density at radius 3 is 2.70 bits per heavy atom. The summed E-state index contributed by atoms with van der Waals surface area (Å²) < 4.78 is 39.3. The van der Waals surface area contributed by atoms with Crippen LogP contribution < -0.4 is 15.2 Å². The standard InChI is InChI=1S/C12H15N3O7S/c13-23(18,19)7-3-9(15(16)17)12-10(4-7)22-5-8(14-12)11-6-20-1-2-21-11/h3-4,8,11,14H,1-2,5-6H2,(H2,13,18,19)/t8?,11-/m1/s1. The number of benzene rings is 1. The molecule has 126 valence electrons. The van der Waals surface area contributed by atoms with Gasteiger partial charge in [0.15, 0.2) is 11.4 Å². The van der Waals surface area contributed by atoms with Gasteiger partial charge in [-0.15, -0.1) is 0 Å². The summed E-state index contributed by atoms with van der Waals surface area (Å²) in [7, 11) is -4.08.